The van der Waals surface area contributed by atoms with E-state index in [2.05, 4.69) is 39.8 Å². The standard InChI is InChI=1S/C20H25N3O/c24-20(22-14-13-21-18-10-2-1-3-11-18)16-23-15-7-6-9-17-8-4-5-12-19(17)23/h1-5,8,10-12,21H,6-7,9,13-16H2,(H,22,24). The van der Waals surface area contributed by atoms with Crippen LogP contribution in [0.3, 0.4) is 0 Å². The molecule has 0 unspecified atom stereocenters. The van der Waals surface area contributed by atoms with Gasteiger partial charge in [-0.3, -0.25) is 4.79 Å². The van der Waals surface area contributed by atoms with E-state index in [9.17, 15) is 4.79 Å². The molecule has 126 valence electrons. The van der Waals surface area contributed by atoms with Crippen LogP contribution in [0.2, 0.25) is 0 Å². The molecule has 0 aromatic heterocycles. The van der Waals surface area contributed by atoms with Crippen molar-refractivity contribution in [2.75, 3.05) is 36.4 Å². The van der Waals surface area contributed by atoms with Gasteiger partial charge in [-0.25, -0.2) is 0 Å². The highest BCUT2D eigenvalue weighted by atomic mass is 16.2. The molecule has 0 bridgehead atoms. The third-order valence-corrected chi connectivity index (χ3v) is 4.34. The summed E-state index contributed by atoms with van der Waals surface area (Å²) < 4.78 is 0. The fraction of sp³-hybridized carbons (Fsp3) is 0.350. The predicted octanol–water partition coefficient (Wildman–Crippen LogP) is 3.06. The summed E-state index contributed by atoms with van der Waals surface area (Å²) >= 11 is 0. The van der Waals surface area contributed by atoms with Gasteiger partial charge in [0.25, 0.3) is 0 Å². The number of rotatable bonds is 6. The zero-order valence-corrected chi connectivity index (χ0v) is 14.0. The van der Waals surface area contributed by atoms with Crippen molar-refractivity contribution in [2.24, 2.45) is 0 Å². The molecule has 2 aromatic rings. The second-order valence-electron chi connectivity index (χ2n) is 6.15. The molecule has 0 spiro atoms. The second kappa shape index (κ2) is 8.39. The first kappa shape index (κ1) is 16.4. The van der Waals surface area contributed by atoms with Crippen LogP contribution < -0.4 is 15.5 Å². The van der Waals surface area contributed by atoms with Gasteiger partial charge in [0.2, 0.25) is 5.91 Å². The molecule has 3 rings (SSSR count). The SMILES string of the molecule is O=C(CN1CCCCc2ccccc21)NCCNc1ccccc1. The number of hydrogen-bond donors (Lipinski definition) is 2. The fourth-order valence-corrected chi connectivity index (χ4v) is 3.13. The highest BCUT2D eigenvalue weighted by molar-refractivity contribution is 5.81. The van der Waals surface area contributed by atoms with Crippen molar-refractivity contribution in [1.29, 1.82) is 0 Å². The zero-order chi connectivity index (χ0) is 16.6. The molecule has 2 aromatic carbocycles. The van der Waals surface area contributed by atoms with Crippen LogP contribution in [0.15, 0.2) is 54.6 Å². The number of hydrogen-bond acceptors (Lipinski definition) is 3. The van der Waals surface area contributed by atoms with E-state index in [1.165, 1.54) is 17.7 Å². The van der Waals surface area contributed by atoms with Crippen molar-refractivity contribution >= 4 is 17.3 Å². The van der Waals surface area contributed by atoms with Gasteiger partial charge in [0.1, 0.15) is 0 Å². The lowest BCUT2D eigenvalue weighted by Crippen LogP contribution is -2.39. The first-order valence-corrected chi connectivity index (χ1v) is 8.71. The molecule has 0 saturated heterocycles. The maximum absolute atomic E-state index is 12.3. The Labute approximate surface area is 143 Å². The number of aryl methyl sites for hydroxylation is 1. The van der Waals surface area contributed by atoms with Gasteiger partial charge >= 0.3 is 0 Å². The van der Waals surface area contributed by atoms with Crippen LogP contribution in [-0.4, -0.2) is 32.1 Å². The quantitative estimate of drug-likeness (QED) is 0.803. The Balaban J connectivity index is 1.46. The average Bonchev–Trinajstić information content (AvgIpc) is 2.82. The molecule has 24 heavy (non-hydrogen) atoms. The molecule has 0 saturated carbocycles. The maximum Gasteiger partial charge on any atom is 0.239 e. The topological polar surface area (TPSA) is 44.4 Å². The van der Waals surface area contributed by atoms with Gasteiger partial charge in [-0.15, -0.1) is 0 Å². The smallest absolute Gasteiger partial charge is 0.239 e. The Kier molecular flexibility index (Phi) is 5.72. The van der Waals surface area contributed by atoms with Gasteiger partial charge in [-0.2, -0.15) is 0 Å². The van der Waals surface area contributed by atoms with E-state index >= 15 is 0 Å². The summed E-state index contributed by atoms with van der Waals surface area (Å²) in [6.07, 6.45) is 3.43. The summed E-state index contributed by atoms with van der Waals surface area (Å²) in [5.74, 6) is 0.0848. The Morgan fingerprint density at radius 3 is 2.62 bits per heavy atom. The first-order chi connectivity index (χ1) is 11.8. The minimum absolute atomic E-state index is 0.0848. The van der Waals surface area contributed by atoms with Crippen molar-refractivity contribution in [2.45, 2.75) is 19.3 Å². The number of carbonyl (C=O) groups excluding carboxylic acids is 1. The van der Waals surface area contributed by atoms with Crippen LogP contribution in [0.5, 0.6) is 0 Å². The van der Waals surface area contributed by atoms with E-state index in [0.717, 1.165) is 31.6 Å². The highest BCUT2D eigenvalue weighted by Gasteiger charge is 2.16. The van der Waals surface area contributed by atoms with Gasteiger partial charge in [0.15, 0.2) is 0 Å². The van der Waals surface area contributed by atoms with Crippen molar-refractivity contribution in [1.82, 2.24) is 5.32 Å². The fourth-order valence-electron chi connectivity index (χ4n) is 3.13. The van der Waals surface area contributed by atoms with Crippen LogP contribution >= 0.6 is 0 Å². The Morgan fingerprint density at radius 2 is 1.75 bits per heavy atom. The molecule has 1 heterocycles. The normalized spacial score (nSPS) is 13.8. The number of benzene rings is 2. The van der Waals surface area contributed by atoms with Crippen molar-refractivity contribution in [3.63, 3.8) is 0 Å². The molecule has 4 nitrogen and oxygen atoms in total. The van der Waals surface area contributed by atoms with Crippen LogP contribution in [0.4, 0.5) is 11.4 Å². The molecule has 0 atom stereocenters. The lowest BCUT2D eigenvalue weighted by molar-refractivity contribution is -0.119. The predicted molar refractivity (Wildman–Crippen MR) is 99.5 cm³/mol. The third-order valence-electron chi connectivity index (χ3n) is 4.34. The van der Waals surface area contributed by atoms with E-state index in [-0.39, 0.29) is 5.91 Å². The molecule has 1 amide bonds. The lowest BCUT2D eigenvalue weighted by Gasteiger charge is -2.24. The molecule has 2 N–H and O–H groups in total. The second-order valence-corrected chi connectivity index (χ2v) is 6.15. The third kappa shape index (κ3) is 4.51. The van der Waals surface area contributed by atoms with Crippen LogP contribution in [0.25, 0.3) is 0 Å². The maximum atomic E-state index is 12.3. The minimum atomic E-state index is 0.0848. The summed E-state index contributed by atoms with van der Waals surface area (Å²) in [4.78, 5) is 14.5. The van der Waals surface area contributed by atoms with Crippen LogP contribution in [0.1, 0.15) is 18.4 Å². The van der Waals surface area contributed by atoms with E-state index in [4.69, 9.17) is 0 Å². The minimum Gasteiger partial charge on any atom is -0.383 e. The first-order valence-electron chi connectivity index (χ1n) is 8.71. The number of nitrogens with zero attached hydrogens (tertiary/aromatic N) is 1. The molecule has 0 radical (unpaired) electrons. The Hall–Kier alpha value is -2.49. The van der Waals surface area contributed by atoms with E-state index in [1.807, 2.05) is 30.3 Å². The van der Waals surface area contributed by atoms with E-state index < -0.39 is 0 Å². The number of amides is 1. The zero-order valence-electron chi connectivity index (χ0n) is 14.0. The van der Waals surface area contributed by atoms with Crippen molar-refractivity contribution < 1.29 is 4.79 Å². The average molecular weight is 323 g/mol. The summed E-state index contributed by atoms with van der Waals surface area (Å²) in [5, 5.41) is 6.31. The number of para-hydroxylation sites is 2. The Bertz CT molecular complexity index is 657. The summed E-state index contributed by atoms with van der Waals surface area (Å²) in [7, 11) is 0. The molecule has 0 aliphatic carbocycles. The van der Waals surface area contributed by atoms with Gasteiger partial charge in [0.05, 0.1) is 6.54 Å². The molecule has 1 aliphatic rings. The van der Waals surface area contributed by atoms with Gasteiger partial charge in [0, 0.05) is 31.0 Å². The summed E-state index contributed by atoms with van der Waals surface area (Å²) in [6, 6.07) is 18.5. The number of fused-ring (bicyclic) bond motifs is 1. The number of carbonyl (C=O) groups is 1. The summed E-state index contributed by atoms with van der Waals surface area (Å²) in [5.41, 5.74) is 3.65. The van der Waals surface area contributed by atoms with E-state index in [1.54, 1.807) is 0 Å². The Morgan fingerprint density at radius 1 is 0.958 bits per heavy atom. The molecule has 4 heteroatoms. The monoisotopic (exact) mass is 323 g/mol. The molecule has 0 fully saturated rings. The van der Waals surface area contributed by atoms with E-state index in [0.29, 0.717) is 13.1 Å². The molecule has 1 aliphatic heterocycles. The lowest BCUT2D eigenvalue weighted by atomic mass is 10.1. The van der Waals surface area contributed by atoms with Gasteiger partial charge in [-0.1, -0.05) is 36.4 Å². The molecular formula is C20H25N3O. The van der Waals surface area contributed by atoms with Gasteiger partial charge in [-0.05, 0) is 43.0 Å². The van der Waals surface area contributed by atoms with Crippen LogP contribution in [0, 0.1) is 0 Å². The molecular weight excluding hydrogens is 298 g/mol. The number of nitrogens with one attached hydrogen (secondary N) is 2. The highest BCUT2D eigenvalue weighted by Crippen LogP contribution is 2.25. The van der Waals surface area contributed by atoms with Gasteiger partial charge < -0.3 is 15.5 Å². The summed E-state index contributed by atoms with van der Waals surface area (Å²) in [6.45, 7) is 2.74. The largest absolute Gasteiger partial charge is 0.383 e. The van der Waals surface area contributed by atoms with Crippen molar-refractivity contribution in [3.8, 4) is 0 Å². The van der Waals surface area contributed by atoms with Crippen molar-refractivity contribution in [3.05, 3.63) is 60.2 Å². The number of anilines is 2. The van der Waals surface area contributed by atoms with Crippen LogP contribution in [-0.2, 0) is 11.2 Å².